The quantitative estimate of drug-likeness (QED) is 0.721. The van der Waals surface area contributed by atoms with E-state index in [4.69, 9.17) is 4.74 Å². The van der Waals surface area contributed by atoms with Crippen molar-refractivity contribution < 1.29 is 4.74 Å². The summed E-state index contributed by atoms with van der Waals surface area (Å²) in [5.41, 5.74) is 1.63. The van der Waals surface area contributed by atoms with Crippen LogP contribution >= 0.6 is 0 Å². The number of ether oxygens (including phenoxy) is 1. The lowest BCUT2D eigenvalue weighted by Crippen LogP contribution is -2.35. The van der Waals surface area contributed by atoms with Crippen LogP contribution in [-0.4, -0.2) is 25.3 Å². The maximum atomic E-state index is 5.91. The molecule has 118 valence electrons. The van der Waals surface area contributed by atoms with Crippen LogP contribution in [0, 0.1) is 0 Å². The van der Waals surface area contributed by atoms with Crippen LogP contribution in [0.1, 0.15) is 58.4 Å². The Balaban J connectivity index is 1.67. The zero-order chi connectivity index (χ0) is 15.1. The molecule has 1 aromatic rings. The highest BCUT2D eigenvalue weighted by Crippen LogP contribution is 2.28. The lowest BCUT2D eigenvalue weighted by molar-refractivity contribution is 0.0589. The van der Waals surface area contributed by atoms with Crippen LogP contribution < -0.4 is 5.32 Å². The summed E-state index contributed by atoms with van der Waals surface area (Å²) in [7, 11) is 0. The van der Waals surface area contributed by atoms with Gasteiger partial charge in [-0.1, -0.05) is 57.0 Å². The van der Waals surface area contributed by atoms with Gasteiger partial charge in [0, 0.05) is 12.6 Å². The van der Waals surface area contributed by atoms with Gasteiger partial charge >= 0.3 is 0 Å². The second kappa shape index (κ2) is 7.95. The molecule has 0 bridgehead atoms. The van der Waals surface area contributed by atoms with Crippen LogP contribution in [0.2, 0.25) is 0 Å². The molecule has 2 heteroatoms. The third-order valence-corrected chi connectivity index (χ3v) is 4.62. The van der Waals surface area contributed by atoms with Crippen LogP contribution in [0.4, 0.5) is 0 Å². The molecule has 0 radical (unpaired) electrons. The minimum Gasteiger partial charge on any atom is -0.377 e. The average molecular weight is 289 g/mol. The topological polar surface area (TPSA) is 21.3 Å². The second-order valence-electron chi connectivity index (χ2n) is 7.09. The molecule has 2 rings (SSSR count). The van der Waals surface area contributed by atoms with Gasteiger partial charge in [0.05, 0.1) is 12.7 Å². The minimum atomic E-state index is 0.208. The van der Waals surface area contributed by atoms with Crippen LogP contribution in [-0.2, 0) is 10.2 Å². The molecule has 0 spiro atoms. The van der Waals surface area contributed by atoms with Crippen molar-refractivity contribution >= 4 is 0 Å². The summed E-state index contributed by atoms with van der Waals surface area (Å²) in [6.07, 6.45) is 6.88. The highest BCUT2D eigenvalue weighted by Gasteiger charge is 2.23. The molecule has 1 aromatic carbocycles. The maximum absolute atomic E-state index is 5.91. The molecular weight excluding hydrogens is 258 g/mol. The summed E-state index contributed by atoms with van der Waals surface area (Å²) in [4.78, 5) is 0. The fourth-order valence-corrected chi connectivity index (χ4v) is 3.43. The Bertz CT molecular complexity index is 395. The van der Waals surface area contributed by atoms with Gasteiger partial charge in [0.15, 0.2) is 0 Å². The minimum absolute atomic E-state index is 0.208. The summed E-state index contributed by atoms with van der Waals surface area (Å²) in [5.74, 6) is 0. The average Bonchev–Trinajstić information content (AvgIpc) is 2.97. The summed E-state index contributed by atoms with van der Waals surface area (Å²) in [5, 5.41) is 3.61. The summed E-state index contributed by atoms with van der Waals surface area (Å²) in [6.45, 7) is 8.74. The molecule has 1 unspecified atom stereocenters. The van der Waals surface area contributed by atoms with Gasteiger partial charge in [-0.25, -0.2) is 0 Å². The number of nitrogens with one attached hydrogen (secondary N) is 1. The molecule has 0 heterocycles. The van der Waals surface area contributed by atoms with Crippen molar-refractivity contribution in [3.63, 3.8) is 0 Å². The zero-order valence-electron chi connectivity index (χ0n) is 13.9. The van der Waals surface area contributed by atoms with Gasteiger partial charge < -0.3 is 10.1 Å². The first kappa shape index (κ1) is 16.5. The number of hydrogen-bond acceptors (Lipinski definition) is 2. The first-order valence-electron chi connectivity index (χ1n) is 8.48. The molecule has 1 saturated carbocycles. The smallest absolute Gasteiger partial charge is 0.0594 e. The molecule has 1 N–H and O–H groups in total. The lowest BCUT2D eigenvalue weighted by Gasteiger charge is -2.29. The summed E-state index contributed by atoms with van der Waals surface area (Å²) >= 11 is 0. The van der Waals surface area contributed by atoms with E-state index in [1.165, 1.54) is 31.2 Å². The van der Waals surface area contributed by atoms with Crippen LogP contribution in [0.15, 0.2) is 30.3 Å². The highest BCUT2D eigenvalue weighted by molar-refractivity contribution is 5.23. The molecule has 2 nitrogen and oxygen atoms in total. The Morgan fingerprint density at radius 1 is 1.19 bits per heavy atom. The second-order valence-corrected chi connectivity index (χ2v) is 7.09. The van der Waals surface area contributed by atoms with E-state index in [0.717, 1.165) is 19.6 Å². The van der Waals surface area contributed by atoms with Gasteiger partial charge in [-0.3, -0.25) is 0 Å². The van der Waals surface area contributed by atoms with Crippen molar-refractivity contribution in [3.8, 4) is 0 Å². The molecule has 0 aliphatic heterocycles. The van der Waals surface area contributed by atoms with Crippen molar-refractivity contribution in [3.05, 3.63) is 35.9 Å². The van der Waals surface area contributed by atoms with Crippen LogP contribution in [0.3, 0.4) is 0 Å². The van der Waals surface area contributed by atoms with Crippen molar-refractivity contribution in [2.75, 3.05) is 13.2 Å². The molecule has 21 heavy (non-hydrogen) atoms. The third kappa shape index (κ3) is 5.44. The Morgan fingerprint density at radius 3 is 2.52 bits per heavy atom. The fourth-order valence-electron chi connectivity index (χ4n) is 3.43. The lowest BCUT2D eigenvalue weighted by atomic mass is 9.79. The van der Waals surface area contributed by atoms with E-state index < -0.39 is 0 Å². The Morgan fingerprint density at radius 2 is 1.86 bits per heavy atom. The number of hydrogen-bond donors (Lipinski definition) is 1. The van der Waals surface area contributed by atoms with Crippen molar-refractivity contribution in [2.45, 2.75) is 70.4 Å². The molecular formula is C19H31NO. The zero-order valence-corrected chi connectivity index (χ0v) is 13.9. The van der Waals surface area contributed by atoms with E-state index in [-0.39, 0.29) is 5.41 Å². The van der Waals surface area contributed by atoms with Crippen molar-refractivity contribution in [1.82, 2.24) is 5.32 Å². The first-order chi connectivity index (χ1) is 10.1. The van der Waals surface area contributed by atoms with Gasteiger partial charge in [-0.15, -0.1) is 0 Å². The summed E-state index contributed by atoms with van der Waals surface area (Å²) in [6, 6.07) is 11.3. The number of rotatable bonds is 8. The SMILES string of the molecule is CC(CC(C)(C)c1ccccc1)NCCOC1CCCC1. The van der Waals surface area contributed by atoms with Crippen LogP contribution in [0.5, 0.6) is 0 Å². The van der Waals surface area contributed by atoms with E-state index in [1.54, 1.807) is 0 Å². The Kier molecular flexibility index (Phi) is 6.25. The highest BCUT2D eigenvalue weighted by atomic mass is 16.5. The monoisotopic (exact) mass is 289 g/mol. The van der Waals surface area contributed by atoms with Gasteiger partial charge in [0.2, 0.25) is 0 Å². The third-order valence-electron chi connectivity index (χ3n) is 4.62. The van der Waals surface area contributed by atoms with E-state index in [1.807, 2.05) is 0 Å². The van der Waals surface area contributed by atoms with Crippen LogP contribution in [0.25, 0.3) is 0 Å². The van der Waals surface area contributed by atoms with Crippen molar-refractivity contribution in [1.29, 1.82) is 0 Å². The standard InChI is InChI=1S/C19H31NO/c1-16(20-13-14-21-18-11-7-8-12-18)15-19(2,3)17-9-5-4-6-10-17/h4-6,9-10,16,18,20H,7-8,11-15H2,1-3H3. The molecule has 0 saturated heterocycles. The first-order valence-corrected chi connectivity index (χ1v) is 8.48. The molecule has 0 aromatic heterocycles. The molecule has 1 aliphatic rings. The van der Waals surface area contributed by atoms with Crippen molar-refractivity contribution in [2.24, 2.45) is 0 Å². The van der Waals surface area contributed by atoms with Gasteiger partial charge in [0.25, 0.3) is 0 Å². The number of benzene rings is 1. The molecule has 1 atom stereocenters. The van der Waals surface area contributed by atoms with Gasteiger partial charge in [0.1, 0.15) is 0 Å². The maximum Gasteiger partial charge on any atom is 0.0594 e. The Labute approximate surface area is 130 Å². The van der Waals surface area contributed by atoms with E-state index in [9.17, 15) is 0 Å². The normalized spacial score (nSPS) is 18.0. The van der Waals surface area contributed by atoms with Gasteiger partial charge in [-0.05, 0) is 37.2 Å². The molecule has 0 amide bonds. The summed E-state index contributed by atoms with van der Waals surface area (Å²) < 4.78 is 5.91. The van der Waals surface area contributed by atoms with E-state index in [0.29, 0.717) is 12.1 Å². The fraction of sp³-hybridized carbons (Fsp3) is 0.684. The largest absolute Gasteiger partial charge is 0.377 e. The Hall–Kier alpha value is -0.860. The predicted molar refractivity (Wildman–Crippen MR) is 89.8 cm³/mol. The van der Waals surface area contributed by atoms with E-state index >= 15 is 0 Å². The van der Waals surface area contributed by atoms with Gasteiger partial charge in [-0.2, -0.15) is 0 Å². The van der Waals surface area contributed by atoms with E-state index in [2.05, 4.69) is 56.4 Å². The molecule has 1 aliphatic carbocycles. The predicted octanol–water partition coefficient (Wildman–Crippen LogP) is 4.29. The molecule has 1 fully saturated rings.